The number of hydrogen-bond donors (Lipinski definition) is 1. The van der Waals surface area contributed by atoms with E-state index in [0.29, 0.717) is 10.2 Å². The normalized spacial score (nSPS) is 10.2. The summed E-state index contributed by atoms with van der Waals surface area (Å²) in [6.07, 6.45) is 0.907. The standard InChI is InChI=1S/C17H15BrFNO3/c1-2-11-3-6-13(7-4-11)20-16(21)10-23-17(22)14-8-5-12(18)9-15(14)19/h3-9H,2,10H2,1H3,(H,20,21). The number of aryl methyl sites for hydroxylation is 1. The maximum Gasteiger partial charge on any atom is 0.341 e. The van der Waals surface area contributed by atoms with Gasteiger partial charge in [0.15, 0.2) is 6.61 Å². The smallest absolute Gasteiger partial charge is 0.341 e. The Balaban J connectivity index is 1.89. The van der Waals surface area contributed by atoms with Crippen LogP contribution in [0.3, 0.4) is 0 Å². The van der Waals surface area contributed by atoms with Crippen LogP contribution in [0.25, 0.3) is 0 Å². The molecule has 0 atom stereocenters. The lowest BCUT2D eigenvalue weighted by atomic mass is 10.1. The second-order valence-electron chi connectivity index (χ2n) is 4.80. The molecule has 0 fully saturated rings. The molecule has 2 aromatic rings. The molecule has 0 heterocycles. The molecule has 120 valence electrons. The predicted molar refractivity (Wildman–Crippen MR) is 88.8 cm³/mol. The highest BCUT2D eigenvalue weighted by Gasteiger charge is 2.15. The lowest BCUT2D eigenvalue weighted by molar-refractivity contribution is -0.119. The second kappa shape index (κ2) is 7.87. The van der Waals surface area contributed by atoms with Gasteiger partial charge in [0, 0.05) is 10.2 Å². The maximum absolute atomic E-state index is 13.6. The zero-order valence-electron chi connectivity index (χ0n) is 12.4. The summed E-state index contributed by atoms with van der Waals surface area (Å²) in [4.78, 5) is 23.5. The van der Waals surface area contributed by atoms with Crippen molar-refractivity contribution in [1.82, 2.24) is 0 Å². The molecule has 1 amide bonds. The fraction of sp³-hybridized carbons (Fsp3) is 0.176. The quantitative estimate of drug-likeness (QED) is 0.800. The zero-order valence-corrected chi connectivity index (χ0v) is 14.0. The third-order valence-corrected chi connectivity index (χ3v) is 3.62. The minimum absolute atomic E-state index is 0.215. The molecular formula is C17H15BrFNO3. The van der Waals surface area contributed by atoms with E-state index in [-0.39, 0.29) is 5.56 Å². The highest BCUT2D eigenvalue weighted by atomic mass is 79.9. The van der Waals surface area contributed by atoms with E-state index in [9.17, 15) is 14.0 Å². The number of nitrogens with one attached hydrogen (secondary N) is 1. The van der Waals surface area contributed by atoms with Gasteiger partial charge in [-0.25, -0.2) is 9.18 Å². The molecule has 0 aliphatic carbocycles. The molecule has 0 aromatic heterocycles. The zero-order chi connectivity index (χ0) is 16.8. The highest BCUT2D eigenvalue weighted by Crippen LogP contribution is 2.16. The summed E-state index contributed by atoms with van der Waals surface area (Å²) in [6.45, 7) is 1.55. The van der Waals surface area contributed by atoms with E-state index < -0.39 is 24.3 Å². The average Bonchev–Trinajstić information content (AvgIpc) is 2.53. The summed E-state index contributed by atoms with van der Waals surface area (Å²) < 4.78 is 18.9. The van der Waals surface area contributed by atoms with Crippen LogP contribution < -0.4 is 5.32 Å². The van der Waals surface area contributed by atoms with Crippen LogP contribution in [-0.4, -0.2) is 18.5 Å². The van der Waals surface area contributed by atoms with E-state index in [1.807, 2.05) is 19.1 Å². The van der Waals surface area contributed by atoms with Crippen molar-refractivity contribution in [2.45, 2.75) is 13.3 Å². The minimum Gasteiger partial charge on any atom is -0.452 e. The van der Waals surface area contributed by atoms with Gasteiger partial charge in [0.25, 0.3) is 5.91 Å². The van der Waals surface area contributed by atoms with E-state index in [2.05, 4.69) is 21.2 Å². The van der Waals surface area contributed by atoms with Gasteiger partial charge in [0.1, 0.15) is 5.82 Å². The summed E-state index contributed by atoms with van der Waals surface area (Å²) in [5.74, 6) is -2.08. The van der Waals surface area contributed by atoms with Crippen molar-refractivity contribution < 1.29 is 18.7 Å². The van der Waals surface area contributed by atoms with E-state index >= 15 is 0 Å². The Kier molecular flexibility index (Phi) is 5.87. The van der Waals surface area contributed by atoms with Gasteiger partial charge >= 0.3 is 5.97 Å². The number of anilines is 1. The summed E-state index contributed by atoms with van der Waals surface area (Å²) in [5, 5.41) is 2.61. The first-order chi connectivity index (χ1) is 11.0. The number of halogens is 2. The number of carbonyl (C=O) groups is 2. The van der Waals surface area contributed by atoms with Gasteiger partial charge in [-0.15, -0.1) is 0 Å². The van der Waals surface area contributed by atoms with Crippen LogP contribution in [-0.2, 0) is 16.0 Å². The van der Waals surface area contributed by atoms with Crippen LogP contribution in [0.1, 0.15) is 22.8 Å². The SMILES string of the molecule is CCc1ccc(NC(=O)COC(=O)c2ccc(Br)cc2F)cc1. The van der Waals surface area contributed by atoms with Gasteiger partial charge in [-0.2, -0.15) is 0 Å². The third-order valence-electron chi connectivity index (χ3n) is 3.13. The van der Waals surface area contributed by atoms with E-state index in [0.717, 1.165) is 18.1 Å². The maximum atomic E-state index is 13.6. The molecular weight excluding hydrogens is 365 g/mol. The number of esters is 1. The molecule has 2 aromatic carbocycles. The molecule has 0 aliphatic rings. The molecule has 1 N–H and O–H groups in total. The van der Waals surface area contributed by atoms with Gasteiger partial charge < -0.3 is 10.1 Å². The van der Waals surface area contributed by atoms with Gasteiger partial charge in [-0.3, -0.25) is 4.79 Å². The van der Waals surface area contributed by atoms with Crippen LogP contribution in [0.15, 0.2) is 46.9 Å². The Morgan fingerprint density at radius 1 is 1.17 bits per heavy atom. The number of carbonyl (C=O) groups excluding carboxylic acids is 2. The van der Waals surface area contributed by atoms with Crippen LogP contribution >= 0.6 is 15.9 Å². The number of rotatable bonds is 5. The van der Waals surface area contributed by atoms with E-state index in [1.54, 1.807) is 12.1 Å². The molecule has 4 nitrogen and oxygen atoms in total. The van der Waals surface area contributed by atoms with Gasteiger partial charge in [-0.05, 0) is 42.3 Å². The molecule has 23 heavy (non-hydrogen) atoms. The fourth-order valence-electron chi connectivity index (χ4n) is 1.88. The van der Waals surface area contributed by atoms with Crippen LogP contribution in [0.5, 0.6) is 0 Å². The number of amides is 1. The van der Waals surface area contributed by atoms with Gasteiger partial charge in [-0.1, -0.05) is 35.0 Å². The van der Waals surface area contributed by atoms with Crippen LogP contribution in [0, 0.1) is 5.82 Å². The molecule has 0 unspecified atom stereocenters. The Hall–Kier alpha value is -2.21. The van der Waals surface area contributed by atoms with Crippen molar-refractivity contribution in [3.05, 3.63) is 63.9 Å². The Morgan fingerprint density at radius 3 is 2.48 bits per heavy atom. The largest absolute Gasteiger partial charge is 0.452 e. The topological polar surface area (TPSA) is 55.4 Å². The lowest BCUT2D eigenvalue weighted by Crippen LogP contribution is -2.21. The van der Waals surface area contributed by atoms with Crippen LogP contribution in [0.4, 0.5) is 10.1 Å². The molecule has 0 saturated carbocycles. The van der Waals surface area contributed by atoms with Crippen molar-refractivity contribution in [3.63, 3.8) is 0 Å². The number of hydrogen-bond acceptors (Lipinski definition) is 3. The van der Waals surface area contributed by atoms with Gasteiger partial charge in [0.05, 0.1) is 5.56 Å². The lowest BCUT2D eigenvalue weighted by Gasteiger charge is -2.08. The van der Waals surface area contributed by atoms with Crippen molar-refractivity contribution in [2.75, 3.05) is 11.9 Å². The molecule has 0 saturated heterocycles. The van der Waals surface area contributed by atoms with Crippen molar-refractivity contribution >= 4 is 33.5 Å². The number of benzene rings is 2. The first-order valence-electron chi connectivity index (χ1n) is 7.00. The van der Waals surface area contributed by atoms with Crippen molar-refractivity contribution in [3.8, 4) is 0 Å². The summed E-state index contributed by atoms with van der Waals surface area (Å²) >= 11 is 3.10. The highest BCUT2D eigenvalue weighted by molar-refractivity contribution is 9.10. The Morgan fingerprint density at radius 2 is 1.87 bits per heavy atom. The summed E-state index contributed by atoms with van der Waals surface area (Å²) in [5.41, 5.74) is 1.55. The van der Waals surface area contributed by atoms with E-state index in [4.69, 9.17) is 4.74 Å². The van der Waals surface area contributed by atoms with Gasteiger partial charge in [0.2, 0.25) is 0 Å². The molecule has 6 heteroatoms. The van der Waals surface area contributed by atoms with Crippen molar-refractivity contribution in [2.24, 2.45) is 0 Å². The Bertz CT molecular complexity index is 716. The van der Waals surface area contributed by atoms with Crippen LogP contribution in [0.2, 0.25) is 0 Å². The molecule has 0 aliphatic heterocycles. The molecule has 0 bridgehead atoms. The Labute approximate surface area is 141 Å². The monoisotopic (exact) mass is 379 g/mol. The number of ether oxygens (including phenoxy) is 1. The summed E-state index contributed by atoms with van der Waals surface area (Å²) in [7, 11) is 0. The molecule has 2 rings (SSSR count). The molecule has 0 radical (unpaired) electrons. The first-order valence-corrected chi connectivity index (χ1v) is 7.80. The molecule has 0 spiro atoms. The third kappa shape index (κ3) is 4.89. The predicted octanol–water partition coefficient (Wildman–Crippen LogP) is 3.95. The van der Waals surface area contributed by atoms with Crippen molar-refractivity contribution in [1.29, 1.82) is 0 Å². The average molecular weight is 380 g/mol. The summed E-state index contributed by atoms with van der Waals surface area (Å²) in [6, 6.07) is 11.3. The van der Waals surface area contributed by atoms with E-state index in [1.165, 1.54) is 12.1 Å². The second-order valence-corrected chi connectivity index (χ2v) is 5.71. The minimum atomic E-state index is -0.883. The fourth-order valence-corrected chi connectivity index (χ4v) is 2.22. The first kappa shape index (κ1) is 17.1.